The number of rotatable bonds is 1. The highest BCUT2D eigenvalue weighted by Gasteiger charge is 2.17. The van der Waals surface area contributed by atoms with Gasteiger partial charge in [-0.05, 0) is 32.4 Å². The van der Waals surface area contributed by atoms with Gasteiger partial charge in [0.1, 0.15) is 5.75 Å². The number of piperidine rings is 1. The van der Waals surface area contributed by atoms with E-state index in [1.165, 1.54) is 18.4 Å². The predicted octanol–water partition coefficient (Wildman–Crippen LogP) is 2.52. The van der Waals surface area contributed by atoms with Gasteiger partial charge in [0.15, 0.2) is 0 Å². The fourth-order valence-electron chi connectivity index (χ4n) is 2.07. The van der Waals surface area contributed by atoms with E-state index in [1.807, 2.05) is 6.07 Å². The molecular formula is C12H17NO. The molecule has 76 valence electrons. The predicted molar refractivity (Wildman–Crippen MR) is 57.4 cm³/mol. The van der Waals surface area contributed by atoms with Crippen LogP contribution in [0.25, 0.3) is 0 Å². The minimum Gasteiger partial charge on any atom is -0.508 e. The second kappa shape index (κ2) is 4.01. The Morgan fingerprint density at radius 2 is 2.21 bits per heavy atom. The molecule has 0 radical (unpaired) electrons. The average Bonchev–Trinajstić information content (AvgIpc) is 2.23. The Labute approximate surface area is 85.0 Å². The molecule has 0 spiro atoms. The quantitative estimate of drug-likeness (QED) is 0.715. The molecule has 1 atom stereocenters. The van der Waals surface area contributed by atoms with Gasteiger partial charge in [-0.3, -0.25) is 0 Å². The largest absolute Gasteiger partial charge is 0.508 e. The summed E-state index contributed by atoms with van der Waals surface area (Å²) in [5.74, 6) is 0.426. The van der Waals surface area contributed by atoms with Crippen molar-refractivity contribution in [3.8, 4) is 5.75 Å². The molecule has 1 aromatic carbocycles. The van der Waals surface area contributed by atoms with Crippen molar-refractivity contribution < 1.29 is 5.11 Å². The maximum absolute atomic E-state index is 9.75. The van der Waals surface area contributed by atoms with Gasteiger partial charge in [-0.2, -0.15) is 0 Å². The van der Waals surface area contributed by atoms with Crippen molar-refractivity contribution in [2.24, 2.45) is 0 Å². The van der Waals surface area contributed by atoms with Gasteiger partial charge in [0.2, 0.25) is 0 Å². The summed E-state index contributed by atoms with van der Waals surface area (Å²) < 4.78 is 0. The first-order valence-electron chi connectivity index (χ1n) is 5.30. The van der Waals surface area contributed by atoms with Crippen molar-refractivity contribution in [1.29, 1.82) is 0 Å². The van der Waals surface area contributed by atoms with Crippen molar-refractivity contribution >= 4 is 0 Å². The summed E-state index contributed by atoms with van der Waals surface area (Å²) in [4.78, 5) is 0. The number of hydrogen-bond donors (Lipinski definition) is 2. The molecule has 14 heavy (non-hydrogen) atoms. The summed E-state index contributed by atoms with van der Waals surface area (Å²) in [6.45, 7) is 3.13. The highest BCUT2D eigenvalue weighted by molar-refractivity contribution is 5.38. The van der Waals surface area contributed by atoms with Crippen LogP contribution in [0.15, 0.2) is 18.2 Å². The van der Waals surface area contributed by atoms with E-state index < -0.39 is 0 Å². The Kier molecular flexibility index (Phi) is 2.73. The third kappa shape index (κ3) is 1.90. The Bertz CT molecular complexity index is 316. The van der Waals surface area contributed by atoms with Crippen molar-refractivity contribution in [3.63, 3.8) is 0 Å². The van der Waals surface area contributed by atoms with Crippen LogP contribution in [0.1, 0.15) is 36.4 Å². The van der Waals surface area contributed by atoms with E-state index in [0.29, 0.717) is 11.8 Å². The van der Waals surface area contributed by atoms with Crippen molar-refractivity contribution in [1.82, 2.24) is 5.32 Å². The van der Waals surface area contributed by atoms with Crippen LogP contribution in [0.4, 0.5) is 0 Å². The van der Waals surface area contributed by atoms with E-state index in [-0.39, 0.29) is 0 Å². The Balaban J connectivity index is 2.24. The summed E-state index contributed by atoms with van der Waals surface area (Å²) in [7, 11) is 0. The van der Waals surface area contributed by atoms with Gasteiger partial charge in [0, 0.05) is 11.6 Å². The zero-order valence-electron chi connectivity index (χ0n) is 8.59. The number of phenolic OH excluding ortho intramolecular Hbond substituents is 1. The average molecular weight is 191 g/mol. The molecule has 1 fully saturated rings. The molecule has 2 N–H and O–H groups in total. The number of nitrogens with one attached hydrogen (secondary N) is 1. The molecule has 1 saturated heterocycles. The van der Waals surface area contributed by atoms with Crippen LogP contribution in [0.3, 0.4) is 0 Å². The molecule has 0 aromatic heterocycles. The summed E-state index contributed by atoms with van der Waals surface area (Å²) in [6, 6.07) is 6.17. The summed E-state index contributed by atoms with van der Waals surface area (Å²) in [5, 5.41) is 13.2. The summed E-state index contributed by atoms with van der Waals surface area (Å²) in [5.41, 5.74) is 2.27. The van der Waals surface area contributed by atoms with Crippen LogP contribution in [-0.4, -0.2) is 11.7 Å². The van der Waals surface area contributed by atoms with Gasteiger partial charge >= 0.3 is 0 Å². The van der Waals surface area contributed by atoms with Gasteiger partial charge in [-0.15, -0.1) is 0 Å². The fraction of sp³-hybridized carbons (Fsp3) is 0.500. The Morgan fingerprint density at radius 3 is 2.93 bits per heavy atom. The van der Waals surface area contributed by atoms with Gasteiger partial charge in [-0.1, -0.05) is 24.1 Å². The van der Waals surface area contributed by atoms with Gasteiger partial charge in [0.05, 0.1) is 0 Å². The number of aryl methyl sites for hydroxylation is 1. The van der Waals surface area contributed by atoms with Gasteiger partial charge < -0.3 is 10.4 Å². The van der Waals surface area contributed by atoms with Crippen LogP contribution in [0.2, 0.25) is 0 Å². The molecule has 1 aliphatic heterocycles. The van der Waals surface area contributed by atoms with E-state index in [0.717, 1.165) is 18.5 Å². The molecule has 2 heteroatoms. The maximum Gasteiger partial charge on any atom is 0.120 e. The third-order valence-corrected chi connectivity index (χ3v) is 2.87. The minimum absolute atomic E-state index is 0.351. The molecule has 1 heterocycles. The lowest BCUT2D eigenvalue weighted by Gasteiger charge is -2.24. The molecule has 0 bridgehead atoms. The van der Waals surface area contributed by atoms with Crippen molar-refractivity contribution in [2.45, 2.75) is 32.2 Å². The molecule has 0 saturated carbocycles. The summed E-state index contributed by atoms with van der Waals surface area (Å²) in [6.07, 6.45) is 3.64. The van der Waals surface area contributed by atoms with Crippen LogP contribution >= 0.6 is 0 Å². The van der Waals surface area contributed by atoms with Crippen LogP contribution in [0, 0.1) is 6.92 Å². The normalized spacial score (nSPS) is 22.2. The molecule has 2 rings (SSSR count). The smallest absolute Gasteiger partial charge is 0.120 e. The lowest BCUT2D eigenvalue weighted by Crippen LogP contribution is -2.26. The standard InChI is InChI=1S/C12H17NO/c1-9-5-6-12(14)10(8-9)11-4-2-3-7-13-11/h5-6,8,11,13-14H,2-4,7H2,1H3/t11-/m0/s1. The number of hydrogen-bond acceptors (Lipinski definition) is 2. The van der Waals surface area contributed by atoms with Crippen LogP contribution < -0.4 is 5.32 Å². The monoisotopic (exact) mass is 191 g/mol. The third-order valence-electron chi connectivity index (χ3n) is 2.87. The second-order valence-corrected chi connectivity index (χ2v) is 4.06. The van der Waals surface area contributed by atoms with E-state index >= 15 is 0 Å². The molecule has 2 nitrogen and oxygen atoms in total. The number of aromatic hydroxyl groups is 1. The van der Waals surface area contributed by atoms with Crippen LogP contribution in [0.5, 0.6) is 5.75 Å². The topological polar surface area (TPSA) is 32.3 Å². The van der Waals surface area contributed by atoms with E-state index in [1.54, 1.807) is 6.07 Å². The maximum atomic E-state index is 9.75. The van der Waals surface area contributed by atoms with E-state index in [9.17, 15) is 5.11 Å². The molecule has 0 aliphatic carbocycles. The first kappa shape index (κ1) is 9.53. The van der Waals surface area contributed by atoms with Crippen molar-refractivity contribution in [3.05, 3.63) is 29.3 Å². The second-order valence-electron chi connectivity index (χ2n) is 4.06. The van der Waals surface area contributed by atoms with Crippen molar-refractivity contribution in [2.75, 3.05) is 6.54 Å². The fourth-order valence-corrected chi connectivity index (χ4v) is 2.07. The van der Waals surface area contributed by atoms with E-state index in [2.05, 4.69) is 18.3 Å². The molecular weight excluding hydrogens is 174 g/mol. The number of phenols is 1. The lowest BCUT2D eigenvalue weighted by atomic mass is 9.95. The molecule has 1 aliphatic rings. The highest BCUT2D eigenvalue weighted by Crippen LogP contribution is 2.30. The first-order valence-corrected chi connectivity index (χ1v) is 5.30. The lowest BCUT2D eigenvalue weighted by molar-refractivity contribution is 0.391. The van der Waals surface area contributed by atoms with E-state index in [4.69, 9.17) is 0 Å². The SMILES string of the molecule is Cc1ccc(O)c([C@@H]2CCCCN2)c1. The van der Waals surface area contributed by atoms with Gasteiger partial charge in [0.25, 0.3) is 0 Å². The molecule has 1 aromatic rings. The zero-order valence-corrected chi connectivity index (χ0v) is 8.59. The Hall–Kier alpha value is -1.02. The number of benzene rings is 1. The van der Waals surface area contributed by atoms with Crippen LogP contribution in [-0.2, 0) is 0 Å². The minimum atomic E-state index is 0.351. The van der Waals surface area contributed by atoms with Gasteiger partial charge in [-0.25, -0.2) is 0 Å². The Morgan fingerprint density at radius 1 is 1.36 bits per heavy atom. The molecule has 0 unspecified atom stereocenters. The zero-order chi connectivity index (χ0) is 9.97. The highest BCUT2D eigenvalue weighted by atomic mass is 16.3. The summed E-state index contributed by atoms with van der Waals surface area (Å²) >= 11 is 0. The molecule has 0 amide bonds. The first-order chi connectivity index (χ1) is 6.77.